The van der Waals surface area contributed by atoms with Crippen LogP contribution in [0.3, 0.4) is 0 Å². The van der Waals surface area contributed by atoms with Crippen molar-refractivity contribution in [2.24, 2.45) is 0 Å². The molecule has 0 unspecified atom stereocenters. The van der Waals surface area contributed by atoms with Crippen LogP contribution in [0.1, 0.15) is 58.0 Å². The van der Waals surface area contributed by atoms with Gasteiger partial charge in [-0.2, -0.15) is 0 Å². The van der Waals surface area contributed by atoms with E-state index >= 15 is 0 Å². The molecule has 2 heterocycles. The zero-order valence-corrected chi connectivity index (χ0v) is 14.2. The van der Waals surface area contributed by atoms with Crippen molar-refractivity contribution in [3.8, 4) is 0 Å². The van der Waals surface area contributed by atoms with Crippen LogP contribution in [-0.2, 0) is 11.3 Å². The first-order chi connectivity index (χ1) is 9.13. The number of morpholine rings is 1. The summed E-state index contributed by atoms with van der Waals surface area (Å²) in [6.07, 6.45) is 0. The summed E-state index contributed by atoms with van der Waals surface area (Å²) in [7, 11) is 0. The maximum atomic E-state index is 9.51. The molecule has 5 heteroatoms. The van der Waals surface area contributed by atoms with Gasteiger partial charge in [0, 0.05) is 13.1 Å². The van der Waals surface area contributed by atoms with Crippen LogP contribution in [0.5, 0.6) is 0 Å². The molecule has 4 nitrogen and oxygen atoms in total. The summed E-state index contributed by atoms with van der Waals surface area (Å²) in [6.45, 7) is 14.4. The summed E-state index contributed by atoms with van der Waals surface area (Å²) >= 11 is 1.61. The molecule has 0 bridgehead atoms. The lowest BCUT2D eigenvalue weighted by atomic mass is 9.99. The monoisotopic (exact) mass is 298 g/mol. The molecule has 1 aromatic heterocycles. The summed E-state index contributed by atoms with van der Waals surface area (Å²) in [6, 6.07) is 0. The molecule has 1 aromatic rings. The molecule has 20 heavy (non-hydrogen) atoms. The molecular formula is C15H26N2O2S. The first kappa shape index (κ1) is 15.7. The van der Waals surface area contributed by atoms with Gasteiger partial charge >= 0.3 is 0 Å². The van der Waals surface area contributed by atoms with Crippen LogP contribution >= 0.6 is 11.3 Å². The summed E-state index contributed by atoms with van der Waals surface area (Å²) < 4.78 is 6.11. The summed E-state index contributed by atoms with van der Waals surface area (Å²) in [4.78, 5) is 8.04. The van der Waals surface area contributed by atoms with Gasteiger partial charge in [0.1, 0.15) is 0 Å². The number of hydrogen-bond acceptors (Lipinski definition) is 5. The van der Waals surface area contributed by atoms with Gasteiger partial charge in [0.25, 0.3) is 0 Å². The molecule has 1 saturated heterocycles. The number of aromatic nitrogens is 1. The highest BCUT2D eigenvalue weighted by Gasteiger charge is 2.39. The van der Waals surface area contributed by atoms with Crippen LogP contribution in [0.2, 0.25) is 0 Å². The highest BCUT2D eigenvalue weighted by Crippen LogP contribution is 2.36. The second-order valence-corrected chi connectivity index (χ2v) is 8.16. The third-order valence-corrected chi connectivity index (χ3v) is 4.49. The Morgan fingerprint density at radius 3 is 2.20 bits per heavy atom. The Labute approximate surface area is 125 Å². The van der Waals surface area contributed by atoms with Crippen LogP contribution in [0, 0.1) is 0 Å². The zero-order chi connectivity index (χ0) is 15.1. The van der Waals surface area contributed by atoms with E-state index < -0.39 is 0 Å². The van der Waals surface area contributed by atoms with E-state index in [1.165, 1.54) is 0 Å². The number of anilines is 1. The predicted octanol–water partition coefficient (Wildman–Crippen LogP) is 3.15. The van der Waals surface area contributed by atoms with E-state index in [9.17, 15) is 5.11 Å². The number of aliphatic hydroxyl groups is 1. The minimum absolute atomic E-state index is 0.0717. The van der Waals surface area contributed by atoms with Crippen LogP contribution in [-0.4, -0.2) is 34.4 Å². The van der Waals surface area contributed by atoms with Crippen molar-refractivity contribution in [2.45, 2.75) is 65.3 Å². The minimum Gasteiger partial charge on any atom is -0.391 e. The van der Waals surface area contributed by atoms with E-state index in [-0.39, 0.29) is 17.8 Å². The highest BCUT2D eigenvalue weighted by molar-refractivity contribution is 7.15. The highest BCUT2D eigenvalue weighted by atomic mass is 32.1. The van der Waals surface area contributed by atoms with E-state index in [0.717, 1.165) is 28.8 Å². The van der Waals surface area contributed by atoms with E-state index in [1.807, 2.05) is 0 Å². The van der Waals surface area contributed by atoms with Gasteiger partial charge in [-0.1, -0.05) is 25.2 Å². The fourth-order valence-corrected chi connectivity index (χ4v) is 4.05. The average molecular weight is 298 g/mol. The molecule has 0 radical (unpaired) electrons. The van der Waals surface area contributed by atoms with E-state index in [4.69, 9.17) is 9.72 Å². The largest absolute Gasteiger partial charge is 0.391 e. The SMILES string of the molecule is CC(C)c1nc(N2CC(C)(C)OC(C)(C)C2)sc1CO. The van der Waals surface area contributed by atoms with Gasteiger partial charge in [-0.25, -0.2) is 4.98 Å². The Hall–Kier alpha value is -0.650. The van der Waals surface area contributed by atoms with Crippen molar-refractivity contribution >= 4 is 16.5 Å². The van der Waals surface area contributed by atoms with Crippen molar-refractivity contribution in [3.63, 3.8) is 0 Å². The van der Waals surface area contributed by atoms with Crippen molar-refractivity contribution in [1.82, 2.24) is 4.98 Å². The van der Waals surface area contributed by atoms with Crippen LogP contribution < -0.4 is 4.90 Å². The van der Waals surface area contributed by atoms with Gasteiger partial charge in [0.15, 0.2) is 5.13 Å². The summed E-state index contributed by atoms with van der Waals surface area (Å²) in [5.74, 6) is 0.337. The number of rotatable bonds is 3. The Bertz CT molecular complexity index is 464. The lowest BCUT2D eigenvalue weighted by Gasteiger charge is -2.47. The maximum Gasteiger partial charge on any atom is 0.186 e. The molecule has 1 N–H and O–H groups in total. The summed E-state index contributed by atoms with van der Waals surface area (Å²) in [5.41, 5.74) is 0.643. The van der Waals surface area contributed by atoms with Crippen LogP contribution in [0.15, 0.2) is 0 Å². The fraction of sp³-hybridized carbons (Fsp3) is 0.800. The van der Waals surface area contributed by atoms with Crippen molar-refractivity contribution in [1.29, 1.82) is 0 Å². The van der Waals surface area contributed by atoms with Gasteiger partial charge in [-0.3, -0.25) is 0 Å². The van der Waals surface area contributed by atoms with Gasteiger partial charge in [-0.05, 0) is 33.6 Å². The number of thiazole rings is 1. The first-order valence-electron chi connectivity index (χ1n) is 7.19. The summed E-state index contributed by atoms with van der Waals surface area (Å²) in [5, 5.41) is 10.5. The number of aliphatic hydroxyl groups excluding tert-OH is 1. The van der Waals surface area contributed by atoms with Gasteiger partial charge in [0.2, 0.25) is 0 Å². The molecule has 1 aliphatic heterocycles. The number of ether oxygens (including phenoxy) is 1. The van der Waals surface area contributed by atoms with Crippen LogP contribution in [0.25, 0.3) is 0 Å². The van der Waals surface area contributed by atoms with E-state index in [0.29, 0.717) is 5.92 Å². The molecule has 2 rings (SSSR count). The second-order valence-electron chi connectivity index (χ2n) is 7.10. The van der Waals surface area contributed by atoms with Crippen molar-refractivity contribution in [2.75, 3.05) is 18.0 Å². The third-order valence-electron chi connectivity index (χ3n) is 3.37. The molecule has 0 atom stereocenters. The Kier molecular flexibility index (Phi) is 4.15. The smallest absolute Gasteiger partial charge is 0.186 e. The molecule has 0 aliphatic carbocycles. The molecule has 1 aliphatic rings. The Morgan fingerprint density at radius 1 is 1.25 bits per heavy atom. The molecule has 0 spiro atoms. The molecular weight excluding hydrogens is 272 g/mol. The fourth-order valence-electron chi connectivity index (χ4n) is 2.97. The first-order valence-corrected chi connectivity index (χ1v) is 8.01. The van der Waals surface area contributed by atoms with Gasteiger partial charge in [0.05, 0.1) is 28.4 Å². The number of hydrogen-bond donors (Lipinski definition) is 1. The molecule has 0 amide bonds. The van der Waals surface area contributed by atoms with Gasteiger partial charge in [-0.15, -0.1) is 0 Å². The minimum atomic E-state index is -0.190. The quantitative estimate of drug-likeness (QED) is 0.931. The van der Waals surface area contributed by atoms with E-state index in [2.05, 4.69) is 46.4 Å². The molecule has 0 saturated carbocycles. The molecule has 1 fully saturated rings. The predicted molar refractivity (Wildman–Crippen MR) is 83.6 cm³/mol. The van der Waals surface area contributed by atoms with Crippen molar-refractivity contribution in [3.05, 3.63) is 10.6 Å². The molecule has 114 valence electrons. The maximum absolute atomic E-state index is 9.51. The average Bonchev–Trinajstić information content (AvgIpc) is 2.68. The normalized spacial score (nSPS) is 21.5. The third kappa shape index (κ3) is 3.32. The molecule has 0 aromatic carbocycles. The van der Waals surface area contributed by atoms with Gasteiger partial charge < -0.3 is 14.7 Å². The second kappa shape index (κ2) is 5.28. The lowest BCUT2D eigenvalue weighted by molar-refractivity contribution is -0.133. The Balaban J connectivity index is 2.31. The van der Waals surface area contributed by atoms with Crippen molar-refractivity contribution < 1.29 is 9.84 Å². The Morgan fingerprint density at radius 2 is 1.80 bits per heavy atom. The standard InChI is InChI=1S/C15H26N2O2S/c1-10(2)12-11(7-18)20-13(16-12)17-8-14(3,4)19-15(5,6)9-17/h10,18H,7-9H2,1-6H3. The number of nitrogens with zero attached hydrogens (tertiary/aromatic N) is 2. The topological polar surface area (TPSA) is 45.6 Å². The zero-order valence-electron chi connectivity index (χ0n) is 13.4. The lowest BCUT2D eigenvalue weighted by Crippen LogP contribution is -2.57. The van der Waals surface area contributed by atoms with E-state index in [1.54, 1.807) is 11.3 Å². The van der Waals surface area contributed by atoms with Crippen LogP contribution in [0.4, 0.5) is 5.13 Å².